The molecule has 0 amide bonds. The molecule has 0 spiro atoms. The second kappa shape index (κ2) is 9.83. The van der Waals surface area contributed by atoms with Crippen LogP contribution >= 0.6 is 23.2 Å². The lowest BCUT2D eigenvalue weighted by Crippen LogP contribution is -2.33. The summed E-state index contributed by atoms with van der Waals surface area (Å²) in [6.07, 6.45) is 4.40. The number of aromatic nitrogens is 2. The molecular weight excluding hydrogens is 509 g/mol. The summed E-state index contributed by atoms with van der Waals surface area (Å²) in [7, 11) is 0. The molecule has 180 valence electrons. The van der Waals surface area contributed by atoms with E-state index in [0.29, 0.717) is 33.0 Å². The molecule has 0 aliphatic carbocycles. The molecule has 1 aliphatic rings. The Kier molecular flexibility index (Phi) is 6.43. The standard InChI is InChI=1S/C24H16Cl2F2N8/c25-18-6-15(33-22(20-11-32-36-35-20)12-1-3-14(27)4-2-12)5-17-21(13(8-29)9-30-23(17)18)34-16-7-19(26)24(28)31-10-16/h1-7,9-11,22,32-33,35-36H,(H,30,34)/t22-/m0/s1. The zero-order valence-corrected chi connectivity index (χ0v) is 19.7. The number of fused-ring (bicyclic) bond motifs is 1. The molecule has 0 radical (unpaired) electrons. The maximum atomic E-state index is 13.6. The summed E-state index contributed by atoms with van der Waals surface area (Å²) < 4.78 is 27.1. The Balaban J connectivity index is 1.59. The Bertz CT molecular complexity index is 1540. The highest BCUT2D eigenvalue weighted by molar-refractivity contribution is 6.36. The zero-order valence-electron chi connectivity index (χ0n) is 18.2. The van der Waals surface area contributed by atoms with Crippen molar-refractivity contribution < 1.29 is 8.78 Å². The van der Waals surface area contributed by atoms with Gasteiger partial charge in [0.1, 0.15) is 11.9 Å². The average Bonchev–Trinajstić information content (AvgIpc) is 3.40. The van der Waals surface area contributed by atoms with Gasteiger partial charge in [-0.2, -0.15) is 15.2 Å². The SMILES string of the molecule is N#Cc1cnc2c(Cl)cc(N[C@H](C3=CNNN3)c3ccc(F)cc3)cc2c1Nc1cnc(F)c(Cl)c1. The maximum absolute atomic E-state index is 13.6. The van der Waals surface area contributed by atoms with Crippen LogP contribution in [-0.4, -0.2) is 9.97 Å². The molecule has 0 bridgehead atoms. The van der Waals surface area contributed by atoms with Gasteiger partial charge in [-0.1, -0.05) is 35.3 Å². The second-order valence-electron chi connectivity index (χ2n) is 7.76. The van der Waals surface area contributed by atoms with Gasteiger partial charge in [0.05, 0.1) is 50.4 Å². The molecule has 0 saturated carbocycles. The van der Waals surface area contributed by atoms with Crippen LogP contribution in [0, 0.1) is 23.1 Å². The molecule has 2 aromatic carbocycles. The minimum absolute atomic E-state index is 0.168. The number of benzene rings is 2. The molecule has 0 fully saturated rings. The number of nitriles is 1. The monoisotopic (exact) mass is 524 g/mol. The predicted molar refractivity (Wildman–Crippen MR) is 134 cm³/mol. The van der Waals surface area contributed by atoms with Crippen LogP contribution in [0.15, 0.2) is 66.8 Å². The van der Waals surface area contributed by atoms with Crippen molar-refractivity contribution in [3.05, 3.63) is 99.7 Å². The van der Waals surface area contributed by atoms with Crippen molar-refractivity contribution >= 4 is 51.2 Å². The van der Waals surface area contributed by atoms with Gasteiger partial charge in [0.25, 0.3) is 0 Å². The first-order valence-corrected chi connectivity index (χ1v) is 11.3. The molecule has 2 aromatic heterocycles. The van der Waals surface area contributed by atoms with Gasteiger partial charge in [-0.3, -0.25) is 4.98 Å². The fourth-order valence-corrected chi connectivity index (χ4v) is 4.21. The first kappa shape index (κ1) is 23.6. The van der Waals surface area contributed by atoms with E-state index in [4.69, 9.17) is 23.2 Å². The number of hydrazine groups is 2. The normalized spacial score (nSPS) is 13.4. The Labute approximate surface area is 213 Å². The van der Waals surface area contributed by atoms with Gasteiger partial charge in [-0.25, -0.2) is 9.37 Å². The van der Waals surface area contributed by atoms with Gasteiger partial charge in [0.2, 0.25) is 5.95 Å². The number of nitrogens with one attached hydrogen (secondary N) is 5. The molecule has 0 saturated heterocycles. The van der Waals surface area contributed by atoms with Crippen LogP contribution in [0.3, 0.4) is 0 Å². The summed E-state index contributed by atoms with van der Waals surface area (Å²) in [6.45, 7) is 0. The Morgan fingerprint density at radius 3 is 2.44 bits per heavy atom. The van der Waals surface area contributed by atoms with Crippen LogP contribution < -0.4 is 27.0 Å². The largest absolute Gasteiger partial charge is 0.373 e. The van der Waals surface area contributed by atoms with E-state index in [1.54, 1.807) is 30.5 Å². The summed E-state index contributed by atoms with van der Waals surface area (Å²) in [5.74, 6) is -1.15. The van der Waals surface area contributed by atoms with Crippen LogP contribution in [0.1, 0.15) is 17.2 Å². The van der Waals surface area contributed by atoms with Crippen molar-refractivity contribution in [2.24, 2.45) is 0 Å². The van der Waals surface area contributed by atoms with E-state index in [-0.39, 0.29) is 16.4 Å². The first-order chi connectivity index (χ1) is 17.4. The summed E-state index contributed by atoms with van der Waals surface area (Å²) in [5.41, 5.74) is 12.2. The fourth-order valence-electron chi connectivity index (χ4n) is 3.77. The minimum atomic E-state index is -0.803. The van der Waals surface area contributed by atoms with Crippen molar-refractivity contribution in [3.8, 4) is 6.07 Å². The number of anilines is 3. The average molecular weight is 525 g/mol. The summed E-state index contributed by atoms with van der Waals surface area (Å²) in [6, 6.07) is 12.6. The number of pyridine rings is 2. The highest BCUT2D eigenvalue weighted by Gasteiger charge is 2.21. The fraction of sp³-hybridized carbons (Fsp3) is 0.0417. The molecule has 1 aliphatic heterocycles. The van der Waals surface area contributed by atoms with Crippen molar-refractivity contribution in [3.63, 3.8) is 0 Å². The topological polar surface area (TPSA) is 110 Å². The van der Waals surface area contributed by atoms with Crippen LogP contribution in [-0.2, 0) is 0 Å². The molecule has 8 nitrogen and oxygen atoms in total. The van der Waals surface area contributed by atoms with Gasteiger partial charge >= 0.3 is 0 Å². The van der Waals surface area contributed by atoms with Crippen LogP contribution in [0.2, 0.25) is 10.0 Å². The molecule has 12 heteroatoms. The lowest BCUT2D eigenvalue weighted by atomic mass is 10.0. The quantitative estimate of drug-likeness (QED) is 0.212. The molecule has 4 aromatic rings. The highest BCUT2D eigenvalue weighted by atomic mass is 35.5. The highest BCUT2D eigenvalue weighted by Crippen LogP contribution is 2.37. The van der Waals surface area contributed by atoms with Crippen molar-refractivity contribution in [1.29, 1.82) is 5.26 Å². The van der Waals surface area contributed by atoms with E-state index in [0.717, 1.165) is 11.3 Å². The number of rotatable bonds is 6. The summed E-state index contributed by atoms with van der Waals surface area (Å²) in [4.78, 5) is 7.96. The second-order valence-corrected chi connectivity index (χ2v) is 8.57. The van der Waals surface area contributed by atoms with E-state index in [9.17, 15) is 14.0 Å². The van der Waals surface area contributed by atoms with Gasteiger partial charge < -0.3 is 21.5 Å². The third kappa shape index (κ3) is 4.67. The van der Waals surface area contributed by atoms with E-state index < -0.39 is 12.0 Å². The number of nitrogens with zero attached hydrogens (tertiary/aromatic N) is 3. The van der Waals surface area contributed by atoms with Gasteiger partial charge in [-0.15, -0.1) is 0 Å². The maximum Gasteiger partial charge on any atom is 0.231 e. The first-order valence-electron chi connectivity index (χ1n) is 10.5. The summed E-state index contributed by atoms with van der Waals surface area (Å²) in [5, 5.41) is 16.9. The molecular formula is C24H16Cl2F2N8. The molecule has 3 heterocycles. The molecule has 5 N–H and O–H groups in total. The van der Waals surface area contributed by atoms with Crippen LogP contribution in [0.5, 0.6) is 0 Å². The predicted octanol–water partition coefficient (Wildman–Crippen LogP) is 5.44. The van der Waals surface area contributed by atoms with Crippen molar-refractivity contribution in [2.75, 3.05) is 10.6 Å². The smallest absolute Gasteiger partial charge is 0.231 e. The molecule has 5 rings (SSSR count). The van der Waals surface area contributed by atoms with Gasteiger partial charge in [0.15, 0.2) is 0 Å². The van der Waals surface area contributed by atoms with E-state index in [2.05, 4.69) is 43.1 Å². The molecule has 1 atom stereocenters. The number of hydrogen-bond donors (Lipinski definition) is 5. The summed E-state index contributed by atoms with van der Waals surface area (Å²) >= 11 is 12.5. The lowest BCUT2D eigenvalue weighted by molar-refractivity contribution is 0.582. The minimum Gasteiger partial charge on any atom is -0.373 e. The molecule has 0 unspecified atom stereocenters. The van der Waals surface area contributed by atoms with Crippen LogP contribution in [0.25, 0.3) is 10.9 Å². The van der Waals surface area contributed by atoms with E-state index in [1.807, 2.05) is 0 Å². The number of halogens is 4. The Morgan fingerprint density at radius 2 is 1.75 bits per heavy atom. The Hall–Kier alpha value is -4.17. The number of hydrogen-bond acceptors (Lipinski definition) is 8. The van der Waals surface area contributed by atoms with Gasteiger partial charge in [0, 0.05) is 23.5 Å². The lowest BCUT2D eigenvalue weighted by Gasteiger charge is -2.22. The molecule has 36 heavy (non-hydrogen) atoms. The van der Waals surface area contributed by atoms with E-state index in [1.165, 1.54) is 30.6 Å². The van der Waals surface area contributed by atoms with Crippen LogP contribution in [0.4, 0.5) is 25.8 Å². The van der Waals surface area contributed by atoms with Gasteiger partial charge in [-0.05, 0) is 35.9 Å². The van der Waals surface area contributed by atoms with E-state index >= 15 is 0 Å². The third-order valence-electron chi connectivity index (χ3n) is 5.44. The Morgan fingerprint density at radius 1 is 0.972 bits per heavy atom. The van der Waals surface area contributed by atoms with Crippen molar-refractivity contribution in [2.45, 2.75) is 6.04 Å². The third-order valence-corrected chi connectivity index (χ3v) is 6.00. The zero-order chi connectivity index (χ0) is 25.2. The van der Waals surface area contributed by atoms with Crippen molar-refractivity contribution in [1.82, 2.24) is 26.4 Å².